The Morgan fingerprint density at radius 2 is 1.86 bits per heavy atom. The lowest BCUT2D eigenvalue weighted by Gasteiger charge is -2.28. The van der Waals surface area contributed by atoms with Crippen LogP contribution in [-0.4, -0.2) is 32.8 Å². The Bertz CT molecular complexity index is 1130. The molecule has 0 bridgehead atoms. The largest absolute Gasteiger partial charge is 0.296 e. The summed E-state index contributed by atoms with van der Waals surface area (Å²) in [6.45, 7) is 4.50. The smallest absolute Gasteiger partial charge is 0.0815 e. The van der Waals surface area contributed by atoms with Crippen LogP contribution in [0.15, 0.2) is 54.3 Å². The Kier molecular flexibility index (Phi) is 4.49. The standard InChI is InChI=1S/C23H24N4S/c1-16(18-5-6-23-22(12-18)24-15-28-23)27-9-7-17-3-4-19(11-20(17)8-10-27)21-13-25-26(2)14-21/h3-6,11-16H,7-10H2,1-2H3. The molecule has 0 N–H and O–H groups in total. The van der Waals surface area contributed by atoms with Gasteiger partial charge in [-0.1, -0.05) is 24.3 Å². The summed E-state index contributed by atoms with van der Waals surface area (Å²) in [6, 6.07) is 14.1. The number of hydrogen-bond acceptors (Lipinski definition) is 4. The van der Waals surface area contributed by atoms with E-state index in [2.05, 4.69) is 64.5 Å². The number of thiazole rings is 1. The molecule has 4 aromatic rings. The second kappa shape index (κ2) is 7.15. The molecule has 4 nitrogen and oxygen atoms in total. The summed E-state index contributed by atoms with van der Waals surface area (Å²) >= 11 is 1.71. The maximum Gasteiger partial charge on any atom is 0.0815 e. The lowest BCUT2D eigenvalue weighted by molar-refractivity contribution is 0.221. The fourth-order valence-corrected chi connectivity index (χ4v) is 4.88. The second-order valence-corrected chi connectivity index (χ2v) is 8.56. The molecule has 0 saturated heterocycles. The molecule has 1 aliphatic rings. The molecule has 1 atom stereocenters. The molecule has 1 aliphatic heterocycles. The fraction of sp³-hybridized carbons (Fsp3) is 0.304. The molecule has 28 heavy (non-hydrogen) atoms. The second-order valence-electron chi connectivity index (χ2n) is 7.68. The van der Waals surface area contributed by atoms with Crippen LogP contribution in [0, 0.1) is 0 Å². The van der Waals surface area contributed by atoms with Crippen LogP contribution < -0.4 is 0 Å². The maximum absolute atomic E-state index is 4.49. The number of nitrogens with zero attached hydrogens (tertiary/aromatic N) is 4. The van der Waals surface area contributed by atoms with Gasteiger partial charge in [0.25, 0.3) is 0 Å². The fourth-order valence-electron chi connectivity index (χ4n) is 4.23. The van der Waals surface area contributed by atoms with Gasteiger partial charge in [-0.15, -0.1) is 11.3 Å². The first-order valence-electron chi connectivity index (χ1n) is 9.85. The predicted octanol–water partition coefficient (Wildman–Crippen LogP) is 4.86. The number of rotatable bonds is 3. The van der Waals surface area contributed by atoms with Crippen molar-refractivity contribution in [1.29, 1.82) is 0 Å². The van der Waals surface area contributed by atoms with Gasteiger partial charge in [0.15, 0.2) is 0 Å². The molecule has 1 unspecified atom stereocenters. The van der Waals surface area contributed by atoms with E-state index in [1.165, 1.54) is 32.5 Å². The first-order valence-corrected chi connectivity index (χ1v) is 10.7. The first-order chi connectivity index (χ1) is 13.7. The van der Waals surface area contributed by atoms with Crippen molar-refractivity contribution in [3.05, 3.63) is 71.0 Å². The molecule has 0 spiro atoms. The molecule has 5 heteroatoms. The van der Waals surface area contributed by atoms with E-state index in [4.69, 9.17) is 0 Å². The molecule has 0 amide bonds. The minimum atomic E-state index is 0.401. The zero-order chi connectivity index (χ0) is 19.1. The van der Waals surface area contributed by atoms with Crippen LogP contribution in [0.25, 0.3) is 21.3 Å². The van der Waals surface area contributed by atoms with Crippen molar-refractivity contribution in [2.75, 3.05) is 13.1 Å². The van der Waals surface area contributed by atoms with E-state index in [0.29, 0.717) is 6.04 Å². The topological polar surface area (TPSA) is 34.0 Å². The average molecular weight is 389 g/mol. The van der Waals surface area contributed by atoms with Crippen LogP contribution in [-0.2, 0) is 19.9 Å². The summed E-state index contributed by atoms with van der Waals surface area (Å²) in [5.74, 6) is 0. The average Bonchev–Trinajstić information content (AvgIpc) is 3.30. The van der Waals surface area contributed by atoms with Crippen molar-refractivity contribution in [3.8, 4) is 11.1 Å². The monoisotopic (exact) mass is 388 g/mol. The highest BCUT2D eigenvalue weighted by molar-refractivity contribution is 7.16. The molecule has 2 aromatic carbocycles. The molecular weight excluding hydrogens is 364 g/mol. The van der Waals surface area contributed by atoms with Crippen LogP contribution in [0.3, 0.4) is 0 Å². The van der Waals surface area contributed by atoms with Crippen LogP contribution in [0.4, 0.5) is 0 Å². The zero-order valence-corrected chi connectivity index (χ0v) is 17.1. The third-order valence-electron chi connectivity index (χ3n) is 5.97. The van der Waals surface area contributed by atoms with Crippen molar-refractivity contribution < 1.29 is 0 Å². The van der Waals surface area contributed by atoms with Gasteiger partial charge in [0.05, 0.1) is 21.9 Å². The molecule has 0 radical (unpaired) electrons. The summed E-state index contributed by atoms with van der Waals surface area (Å²) in [5.41, 5.74) is 9.83. The molecule has 0 saturated carbocycles. The Morgan fingerprint density at radius 1 is 1.00 bits per heavy atom. The molecule has 2 aromatic heterocycles. The minimum absolute atomic E-state index is 0.401. The van der Waals surface area contributed by atoms with E-state index >= 15 is 0 Å². The molecule has 0 aliphatic carbocycles. The molecule has 3 heterocycles. The van der Waals surface area contributed by atoms with Crippen molar-refractivity contribution in [2.24, 2.45) is 7.05 Å². The van der Waals surface area contributed by atoms with Gasteiger partial charge in [-0.05, 0) is 54.2 Å². The Hall–Kier alpha value is -2.50. The lowest BCUT2D eigenvalue weighted by Crippen LogP contribution is -2.29. The minimum Gasteiger partial charge on any atom is -0.296 e. The summed E-state index contributed by atoms with van der Waals surface area (Å²) in [4.78, 5) is 7.10. The SMILES string of the molecule is CC(c1ccc2scnc2c1)N1CCc2ccc(-c3cnn(C)c3)cc2CC1. The summed E-state index contributed by atoms with van der Waals surface area (Å²) < 4.78 is 3.13. The van der Waals surface area contributed by atoms with Gasteiger partial charge in [-0.2, -0.15) is 5.10 Å². The van der Waals surface area contributed by atoms with Gasteiger partial charge in [-0.3, -0.25) is 9.58 Å². The van der Waals surface area contributed by atoms with E-state index in [9.17, 15) is 0 Å². The van der Waals surface area contributed by atoms with Crippen LogP contribution >= 0.6 is 11.3 Å². The molecule has 0 fully saturated rings. The van der Waals surface area contributed by atoms with Gasteiger partial charge in [0.1, 0.15) is 0 Å². The van der Waals surface area contributed by atoms with Gasteiger partial charge in [-0.25, -0.2) is 4.98 Å². The normalized spacial score (nSPS) is 16.1. The van der Waals surface area contributed by atoms with Crippen LogP contribution in [0.1, 0.15) is 29.7 Å². The number of hydrogen-bond donors (Lipinski definition) is 0. The summed E-state index contributed by atoms with van der Waals surface area (Å²) in [6.07, 6.45) is 6.22. The highest BCUT2D eigenvalue weighted by Gasteiger charge is 2.20. The van der Waals surface area contributed by atoms with Crippen molar-refractivity contribution in [2.45, 2.75) is 25.8 Å². The van der Waals surface area contributed by atoms with Crippen molar-refractivity contribution >= 4 is 21.6 Å². The van der Waals surface area contributed by atoms with E-state index in [1.54, 1.807) is 11.3 Å². The van der Waals surface area contributed by atoms with E-state index in [0.717, 1.165) is 31.4 Å². The maximum atomic E-state index is 4.49. The number of aryl methyl sites for hydroxylation is 1. The van der Waals surface area contributed by atoms with Crippen molar-refractivity contribution in [3.63, 3.8) is 0 Å². The highest BCUT2D eigenvalue weighted by Crippen LogP contribution is 2.29. The summed E-state index contributed by atoms with van der Waals surface area (Å²) in [5, 5.41) is 4.31. The zero-order valence-electron chi connectivity index (χ0n) is 16.3. The third kappa shape index (κ3) is 3.25. The van der Waals surface area contributed by atoms with Gasteiger partial charge in [0.2, 0.25) is 0 Å². The first kappa shape index (κ1) is 17.6. The van der Waals surface area contributed by atoms with E-state index < -0.39 is 0 Å². The highest BCUT2D eigenvalue weighted by atomic mass is 32.1. The number of fused-ring (bicyclic) bond motifs is 2. The Balaban J connectivity index is 1.36. The van der Waals surface area contributed by atoms with Gasteiger partial charge in [0, 0.05) is 37.9 Å². The van der Waals surface area contributed by atoms with Gasteiger partial charge < -0.3 is 0 Å². The number of aromatic nitrogens is 3. The molecule has 142 valence electrons. The van der Waals surface area contributed by atoms with Gasteiger partial charge >= 0.3 is 0 Å². The van der Waals surface area contributed by atoms with E-state index in [-0.39, 0.29) is 0 Å². The van der Waals surface area contributed by atoms with Crippen LogP contribution in [0.5, 0.6) is 0 Å². The van der Waals surface area contributed by atoms with Crippen LogP contribution in [0.2, 0.25) is 0 Å². The third-order valence-corrected chi connectivity index (χ3v) is 6.78. The predicted molar refractivity (Wildman–Crippen MR) is 116 cm³/mol. The summed E-state index contributed by atoms with van der Waals surface area (Å²) in [7, 11) is 1.97. The Labute approximate surface area is 169 Å². The molecular formula is C23H24N4S. The number of benzene rings is 2. The Morgan fingerprint density at radius 3 is 2.68 bits per heavy atom. The van der Waals surface area contributed by atoms with Crippen molar-refractivity contribution in [1.82, 2.24) is 19.7 Å². The lowest BCUT2D eigenvalue weighted by atomic mass is 9.98. The molecule has 5 rings (SSSR count). The van der Waals surface area contributed by atoms with E-state index in [1.807, 2.05) is 23.4 Å². The quantitative estimate of drug-likeness (QED) is 0.503.